The molecule has 1 heterocycles. The van der Waals surface area contributed by atoms with E-state index in [2.05, 4.69) is 0 Å². The number of ether oxygens (including phenoxy) is 2. The molecule has 1 saturated carbocycles. The van der Waals surface area contributed by atoms with Gasteiger partial charge in [0, 0.05) is 25.2 Å². The van der Waals surface area contributed by atoms with Gasteiger partial charge in [-0.2, -0.15) is 0 Å². The third-order valence-electron chi connectivity index (χ3n) is 5.72. The van der Waals surface area contributed by atoms with Gasteiger partial charge in [0.25, 0.3) is 0 Å². The minimum absolute atomic E-state index is 0.118. The second-order valence-electron chi connectivity index (χ2n) is 7.77. The van der Waals surface area contributed by atoms with Gasteiger partial charge in [0.15, 0.2) is 0 Å². The number of benzene rings is 2. The average molecular weight is 404 g/mol. The van der Waals surface area contributed by atoms with Gasteiger partial charge in [0.1, 0.15) is 18.0 Å². The number of rotatable bonds is 7. The maximum Gasteiger partial charge on any atom is 0.338 e. The van der Waals surface area contributed by atoms with E-state index in [0.29, 0.717) is 24.8 Å². The summed E-state index contributed by atoms with van der Waals surface area (Å²) >= 11 is 0. The molecule has 2 aromatic rings. The zero-order chi connectivity index (χ0) is 20.9. The van der Waals surface area contributed by atoms with Gasteiger partial charge in [-0.25, -0.2) is 4.79 Å². The number of ketones is 1. The van der Waals surface area contributed by atoms with Crippen molar-refractivity contribution in [2.24, 2.45) is 5.92 Å². The van der Waals surface area contributed by atoms with E-state index in [1.165, 1.54) is 0 Å². The Bertz CT molecular complexity index is 948. The number of hydrogen-bond acceptors (Lipinski definition) is 5. The predicted octanol–water partition coefficient (Wildman–Crippen LogP) is 4.07. The van der Waals surface area contributed by atoms with Crippen LogP contribution in [0, 0.1) is 5.92 Å². The highest BCUT2D eigenvalue weighted by molar-refractivity contribution is 5.89. The van der Waals surface area contributed by atoms with Crippen LogP contribution in [0.4, 0.5) is 0 Å². The fourth-order valence-electron chi connectivity index (χ4n) is 4.17. The van der Waals surface area contributed by atoms with Crippen LogP contribution in [-0.4, -0.2) is 29.9 Å². The topological polar surface area (TPSA) is 69.7 Å². The minimum atomic E-state index is -0.470. The van der Waals surface area contributed by atoms with Gasteiger partial charge in [-0.05, 0) is 29.7 Å². The van der Waals surface area contributed by atoms with Crippen molar-refractivity contribution >= 4 is 17.7 Å². The largest absolute Gasteiger partial charge is 0.462 e. The molecule has 1 saturated heterocycles. The van der Waals surface area contributed by atoms with Crippen molar-refractivity contribution in [2.45, 2.75) is 44.3 Å². The van der Waals surface area contributed by atoms with Crippen LogP contribution in [0.2, 0.25) is 0 Å². The SMILES string of the molecule is O=C(CC=C1[C@H](OC(=O)c2ccccc2)C[C@H]2OC(=O)C[C@@H]12)CCc1ccccc1. The molecular weight excluding hydrogens is 380 g/mol. The molecule has 3 atom stereocenters. The first-order valence-electron chi connectivity index (χ1n) is 10.3. The predicted molar refractivity (Wildman–Crippen MR) is 111 cm³/mol. The highest BCUT2D eigenvalue weighted by atomic mass is 16.6. The summed E-state index contributed by atoms with van der Waals surface area (Å²) in [4.78, 5) is 36.7. The van der Waals surface area contributed by atoms with Gasteiger partial charge in [-0.15, -0.1) is 0 Å². The van der Waals surface area contributed by atoms with Crippen LogP contribution in [0.1, 0.15) is 41.6 Å². The number of esters is 2. The van der Waals surface area contributed by atoms with Crippen LogP contribution in [0.5, 0.6) is 0 Å². The maximum atomic E-state index is 12.5. The van der Waals surface area contributed by atoms with Gasteiger partial charge in [-0.1, -0.05) is 54.6 Å². The summed E-state index contributed by atoms with van der Waals surface area (Å²) in [5.41, 5.74) is 2.44. The summed E-state index contributed by atoms with van der Waals surface area (Å²) < 4.78 is 11.1. The molecule has 0 aromatic heterocycles. The van der Waals surface area contributed by atoms with Crippen molar-refractivity contribution in [1.29, 1.82) is 0 Å². The average Bonchev–Trinajstić information content (AvgIpc) is 3.27. The second kappa shape index (κ2) is 9.08. The normalized spacial score (nSPS) is 23.8. The second-order valence-corrected chi connectivity index (χ2v) is 7.77. The number of carbonyl (C=O) groups excluding carboxylic acids is 3. The van der Waals surface area contributed by atoms with Crippen molar-refractivity contribution in [3.05, 3.63) is 83.4 Å². The Morgan fingerprint density at radius 2 is 1.73 bits per heavy atom. The first kappa shape index (κ1) is 20.1. The third-order valence-corrected chi connectivity index (χ3v) is 5.72. The van der Waals surface area contributed by atoms with Crippen molar-refractivity contribution < 1.29 is 23.9 Å². The summed E-state index contributed by atoms with van der Waals surface area (Å²) in [5.74, 6) is -0.645. The van der Waals surface area contributed by atoms with E-state index < -0.39 is 12.1 Å². The molecule has 0 spiro atoms. The van der Waals surface area contributed by atoms with Crippen LogP contribution in [0.25, 0.3) is 0 Å². The van der Waals surface area contributed by atoms with E-state index in [1.807, 2.05) is 42.5 Å². The van der Waals surface area contributed by atoms with E-state index in [-0.39, 0.29) is 36.6 Å². The first-order valence-corrected chi connectivity index (χ1v) is 10.3. The smallest absolute Gasteiger partial charge is 0.338 e. The first-order chi connectivity index (χ1) is 14.6. The van der Waals surface area contributed by atoms with Crippen molar-refractivity contribution in [1.82, 2.24) is 0 Å². The molecule has 0 N–H and O–H groups in total. The number of hydrogen-bond donors (Lipinski definition) is 0. The van der Waals surface area contributed by atoms with Crippen molar-refractivity contribution in [3.8, 4) is 0 Å². The molecule has 2 aliphatic rings. The molecule has 0 radical (unpaired) electrons. The summed E-state index contributed by atoms with van der Waals surface area (Å²) in [6.45, 7) is 0. The van der Waals surface area contributed by atoms with Gasteiger partial charge in [-0.3, -0.25) is 9.59 Å². The summed E-state index contributed by atoms with van der Waals surface area (Å²) in [6, 6.07) is 18.7. The summed E-state index contributed by atoms with van der Waals surface area (Å²) in [6.07, 6.45) is 3.23. The van der Waals surface area contributed by atoms with E-state index >= 15 is 0 Å². The molecule has 0 amide bonds. The van der Waals surface area contributed by atoms with Gasteiger partial charge in [0.2, 0.25) is 0 Å². The van der Waals surface area contributed by atoms with E-state index in [9.17, 15) is 14.4 Å². The van der Waals surface area contributed by atoms with Crippen molar-refractivity contribution in [2.75, 3.05) is 0 Å². The zero-order valence-electron chi connectivity index (χ0n) is 16.7. The molecule has 2 fully saturated rings. The van der Waals surface area contributed by atoms with Crippen LogP contribution in [-0.2, 0) is 25.5 Å². The lowest BCUT2D eigenvalue weighted by Gasteiger charge is -2.16. The number of allylic oxidation sites excluding steroid dienone is 1. The molecule has 5 nitrogen and oxygen atoms in total. The summed E-state index contributed by atoms with van der Waals surface area (Å²) in [7, 11) is 0. The zero-order valence-corrected chi connectivity index (χ0v) is 16.7. The molecule has 0 bridgehead atoms. The number of aryl methyl sites for hydroxylation is 1. The number of Topliss-reactive ketones (excluding diaryl/α,β-unsaturated/α-hetero) is 1. The molecule has 2 aromatic carbocycles. The highest BCUT2D eigenvalue weighted by Gasteiger charge is 2.48. The Balaban J connectivity index is 1.42. The highest BCUT2D eigenvalue weighted by Crippen LogP contribution is 2.42. The molecule has 4 rings (SSSR count). The Morgan fingerprint density at radius 1 is 1.03 bits per heavy atom. The lowest BCUT2D eigenvalue weighted by Crippen LogP contribution is -2.19. The fourth-order valence-corrected chi connectivity index (χ4v) is 4.17. The Kier molecular flexibility index (Phi) is 6.07. The van der Waals surface area contributed by atoms with Crippen LogP contribution < -0.4 is 0 Å². The lowest BCUT2D eigenvalue weighted by atomic mass is 9.96. The lowest BCUT2D eigenvalue weighted by molar-refractivity contribution is -0.141. The third kappa shape index (κ3) is 4.67. The van der Waals surface area contributed by atoms with Gasteiger partial charge in [0.05, 0.1) is 12.0 Å². The van der Waals surface area contributed by atoms with E-state index in [0.717, 1.165) is 11.1 Å². The Labute approximate surface area is 175 Å². The van der Waals surface area contributed by atoms with Crippen LogP contribution in [0.15, 0.2) is 72.3 Å². The molecule has 154 valence electrons. The van der Waals surface area contributed by atoms with Crippen LogP contribution in [0.3, 0.4) is 0 Å². The Morgan fingerprint density at radius 3 is 2.47 bits per heavy atom. The van der Waals surface area contributed by atoms with Crippen LogP contribution >= 0.6 is 0 Å². The maximum absolute atomic E-state index is 12.5. The molecule has 1 aliphatic heterocycles. The van der Waals surface area contributed by atoms with E-state index in [1.54, 1.807) is 24.3 Å². The standard InChI is InChI=1S/C25H24O5/c26-19(12-11-17-7-3-1-4-8-17)13-14-20-21-15-24(27)29-23(21)16-22(20)30-25(28)18-9-5-2-6-10-18/h1-10,14,21-23H,11-13,15-16H2/t21-,22+,23+/m0/s1. The van der Waals surface area contributed by atoms with E-state index in [4.69, 9.17) is 9.47 Å². The quantitative estimate of drug-likeness (QED) is 0.514. The number of carbonyl (C=O) groups is 3. The van der Waals surface area contributed by atoms with Gasteiger partial charge >= 0.3 is 11.9 Å². The molecular formula is C25H24O5. The molecule has 30 heavy (non-hydrogen) atoms. The molecule has 5 heteroatoms. The Hall–Kier alpha value is -3.21. The monoisotopic (exact) mass is 404 g/mol. The fraction of sp³-hybridized carbons (Fsp3) is 0.320. The molecule has 1 aliphatic carbocycles. The van der Waals surface area contributed by atoms with Crippen molar-refractivity contribution in [3.63, 3.8) is 0 Å². The summed E-state index contributed by atoms with van der Waals surface area (Å²) in [5, 5.41) is 0. The molecule has 0 unspecified atom stereocenters. The number of fused-ring (bicyclic) bond motifs is 1. The van der Waals surface area contributed by atoms with Gasteiger partial charge < -0.3 is 9.47 Å². The minimum Gasteiger partial charge on any atom is -0.462 e.